The van der Waals surface area contributed by atoms with Crippen LogP contribution in [0.5, 0.6) is 0 Å². The van der Waals surface area contributed by atoms with Gasteiger partial charge in [-0.2, -0.15) is 0 Å². The lowest BCUT2D eigenvalue weighted by Crippen LogP contribution is -2.66. The SMILES string of the molecule is CC(=O)NC1(CSc2cnccn2)S[C@@H]2C(c3cccs3)C(=O)N2C(C(c2ccccc2)c2ccccc2)=C1C(=O)O. The van der Waals surface area contributed by atoms with Crippen molar-refractivity contribution >= 4 is 52.6 Å². The number of benzene rings is 2. The lowest BCUT2D eigenvalue weighted by molar-refractivity contribution is -0.142. The summed E-state index contributed by atoms with van der Waals surface area (Å²) in [6.45, 7) is 1.38. The molecule has 8 nitrogen and oxygen atoms in total. The van der Waals surface area contributed by atoms with Gasteiger partial charge in [-0.15, -0.1) is 34.9 Å². The van der Waals surface area contributed by atoms with Gasteiger partial charge in [0.15, 0.2) is 0 Å². The number of thioether (sulfide) groups is 2. The number of amides is 2. The van der Waals surface area contributed by atoms with Crippen molar-refractivity contribution in [1.82, 2.24) is 20.2 Å². The average Bonchev–Trinajstić information content (AvgIpc) is 3.51. The Morgan fingerprint density at radius 1 is 1.05 bits per heavy atom. The molecule has 2 aliphatic heterocycles. The molecule has 2 aromatic heterocycles. The van der Waals surface area contributed by atoms with Crippen molar-refractivity contribution in [2.24, 2.45) is 0 Å². The number of carboxylic acid groups (broad SMARTS) is 1. The number of fused-ring (bicyclic) bond motifs is 1. The van der Waals surface area contributed by atoms with Gasteiger partial charge in [-0.25, -0.2) is 9.78 Å². The van der Waals surface area contributed by atoms with Gasteiger partial charge in [-0.3, -0.25) is 14.6 Å². The summed E-state index contributed by atoms with van der Waals surface area (Å²) in [6, 6.07) is 23.0. The Bertz CT molecular complexity index is 1600. The highest BCUT2D eigenvalue weighted by atomic mass is 32.2. The van der Waals surface area contributed by atoms with Crippen LogP contribution in [0.15, 0.2) is 113 Å². The Hall–Kier alpha value is -3.93. The van der Waals surface area contributed by atoms with Crippen molar-refractivity contribution in [2.45, 2.75) is 34.0 Å². The number of hydrogen-bond donors (Lipinski definition) is 2. The number of aromatic nitrogens is 2. The molecule has 3 atom stereocenters. The highest BCUT2D eigenvalue weighted by Gasteiger charge is 2.62. The normalized spacial score (nSPS) is 21.6. The van der Waals surface area contributed by atoms with Crippen LogP contribution in [0.1, 0.15) is 34.8 Å². The lowest BCUT2D eigenvalue weighted by atomic mass is 9.81. The molecule has 0 bridgehead atoms. The number of thiophene rings is 1. The summed E-state index contributed by atoms with van der Waals surface area (Å²) in [7, 11) is 0. The molecule has 0 radical (unpaired) electrons. The van der Waals surface area contributed by atoms with Crippen LogP contribution in [0.25, 0.3) is 0 Å². The fourth-order valence-corrected chi connectivity index (χ4v) is 9.45. The first-order valence-electron chi connectivity index (χ1n) is 13.2. The van der Waals surface area contributed by atoms with E-state index in [9.17, 15) is 19.5 Å². The maximum absolute atomic E-state index is 14.0. The number of carbonyl (C=O) groups excluding carboxylic acids is 2. The average molecular weight is 615 g/mol. The van der Waals surface area contributed by atoms with Crippen molar-refractivity contribution in [2.75, 3.05) is 5.75 Å². The Morgan fingerprint density at radius 2 is 1.74 bits per heavy atom. The monoisotopic (exact) mass is 614 g/mol. The number of carboxylic acids is 1. The number of β-lactam (4-membered cyclic amide) rings is 1. The van der Waals surface area contributed by atoms with Crippen LogP contribution in [0.3, 0.4) is 0 Å². The number of allylic oxidation sites excluding steroid dienone is 1. The van der Waals surface area contributed by atoms with Crippen LogP contribution in [0.2, 0.25) is 0 Å². The van der Waals surface area contributed by atoms with E-state index in [2.05, 4.69) is 15.3 Å². The molecule has 1 fully saturated rings. The zero-order valence-electron chi connectivity index (χ0n) is 22.4. The van der Waals surface area contributed by atoms with Gasteiger partial charge in [0.25, 0.3) is 0 Å². The van der Waals surface area contributed by atoms with Gasteiger partial charge >= 0.3 is 5.97 Å². The van der Waals surface area contributed by atoms with Crippen molar-refractivity contribution in [1.29, 1.82) is 0 Å². The van der Waals surface area contributed by atoms with Gasteiger partial charge in [-0.05, 0) is 22.6 Å². The standard InChI is InChI=1S/C31H26N4O4S3/c1-19(36)34-31(18-41-23-17-32-14-15-33-23)26(30(38)39)27(35-28(37)25(29(35)42-31)22-13-8-16-40-22)24(20-9-4-2-5-10-20)21-11-6-3-7-12-21/h2-17,24-25,29H,18H2,1H3,(H,34,36)(H,38,39)/t25?,29-,31?/m1/s1. The molecular formula is C31H26N4O4S3. The summed E-state index contributed by atoms with van der Waals surface area (Å²) in [5.74, 6) is -2.62. The van der Waals surface area contributed by atoms with Crippen LogP contribution >= 0.6 is 34.9 Å². The largest absolute Gasteiger partial charge is 0.478 e. The van der Waals surface area contributed by atoms with Crippen LogP contribution in [-0.2, 0) is 14.4 Å². The quantitative estimate of drug-likeness (QED) is 0.192. The van der Waals surface area contributed by atoms with E-state index in [0.717, 1.165) is 16.0 Å². The number of hydrogen-bond acceptors (Lipinski definition) is 8. The van der Waals surface area contributed by atoms with Crippen LogP contribution in [-0.4, -0.2) is 53.8 Å². The molecule has 2 amide bonds. The molecular weight excluding hydrogens is 589 g/mol. The molecule has 42 heavy (non-hydrogen) atoms. The van der Waals surface area contributed by atoms with Crippen molar-refractivity contribution in [3.05, 3.63) is 124 Å². The molecule has 2 N–H and O–H groups in total. The van der Waals surface area contributed by atoms with E-state index in [0.29, 0.717) is 10.7 Å². The topological polar surface area (TPSA) is 112 Å². The number of rotatable bonds is 9. The molecule has 0 saturated carbocycles. The first-order chi connectivity index (χ1) is 20.4. The van der Waals surface area contributed by atoms with Gasteiger partial charge in [0, 0.05) is 35.6 Å². The second-order valence-electron chi connectivity index (χ2n) is 9.87. The summed E-state index contributed by atoms with van der Waals surface area (Å²) in [5, 5.41) is 16.1. The van der Waals surface area contributed by atoms with E-state index >= 15 is 0 Å². The number of carbonyl (C=O) groups is 3. The van der Waals surface area contributed by atoms with Crippen LogP contribution in [0.4, 0.5) is 0 Å². The van der Waals surface area contributed by atoms with Crippen molar-refractivity contribution < 1.29 is 19.5 Å². The Kier molecular flexibility index (Phi) is 7.89. The zero-order valence-corrected chi connectivity index (χ0v) is 24.9. The predicted octanol–water partition coefficient (Wildman–Crippen LogP) is 5.33. The van der Waals surface area contributed by atoms with Gasteiger partial charge in [-0.1, -0.05) is 66.7 Å². The Labute approximate surface area is 255 Å². The minimum atomic E-state index is -1.38. The van der Waals surface area contributed by atoms with Crippen molar-refractivity contribution in [3.8, 4) is 0 Å². The first kappa shape index (κ1) is 28.2. The first-order valence-corrected chi connectivity index (χ1v) is 15.9. The minimum Gasteiger partial charge on any atom is -0.478 e. The van der Waals surface area contributed by atoms with E-state index in [1.54, 1.807) is 23.5 Å². The minimum absolute atomic E-state index is 0.0222. The summed E-state index contributed by atoms with van der Waals surface area (Å²) in [4.78, 5) is 50.0. The van der Waals surface area contributed by atoms with E-state index < -0.39 is 28.0 Å². The third-order valence-electron chi connectivity index (χ3n) is 7.23. The number of nitrogens with one attached hydrogen (secondary N) is 1. The van der Waals surface area contributed by atoms with Gasteiger partial charge in [0.2, 0.25) is 11.8 Å². The second-order valence-corrected chi connectivity index (χ2v) is 13.3. The summed E-state index contributed by atoms with van der Waals surface area (Å²) >= 11 is 4.12. The Balaban J connectivity index is 1.61. The fourth-order valence-electron chi connectivity index (χ4n) is 5.58. The molecule has 2 aromatic carbocycles. The summed E-state index contributed by atoms with van der Waals surface area (Å²) in [6.07, 6.45) is 4.74. The molecule has 2 aliphatic rings. The zero-order chi connectivity index (χ0) is 29.3. The highest BCUT2D eigenvalue weighted by Crippen LogP contribution is 2.59. The van der Waals surface area contributed by atoms with E-state index in [1.165, 1.54) is 41.8 Å². The van der Waals surface area contributed by atoms with Gasteiger partial charge in [0.05, 0.1) is 17.7 Å². The second kappa shape index (κ2) is 11.7. The molecule has 0 aliphatic carbocycles. The smallest absolute Gasteiger partial charge is 0.336 e. The lowest BCUT2D eigenvalue weighted by Gasteiger charge is -2.56. The third kappa shape index (κ3) is 5.12. The van der Waals surface area contributed by atoms with Crippen molar-refractivity contribution in [3.63, 3.8) is 0 Å². The molecule has 6 rings (SSSR count). The van der Waals surface area contributed by atoms with Crippen LogP contribution < -0.4 is 5.32 Å². The molecule has 212 valence electrons. The fraction of sp³-hybridized carbons (Fsp3) is 0.194. The number of aliphatic carboxylic acids is 1. The van der Waals surface area contributed by atoms with E-state index in [-0.39, 0.29) is 23.1 Å². The molecule has 4 heterocycles. The Morgan fingerprint density at radius 3 is 2.29 bits per heavy atom. The van der Waals surface area contributed by atoms with Gasteiger partial charge in [0.1, 0.15) is 21.2 Å². The van der Waals surface area contributed by atoms with Gasteiger partial charge < -0.3 is 15.3 Å². The molecule has 4 aromatic rings. The number of nitrogens with zero attached hydrogens (tertiary/aromatic N) is 3. The summed E-state index contributed by atoms with van der Waals surface area (Å²) < 4.78 is 0. The molecule has 1 saturated heterocycles. The maximum atomic E-state index is 14.0. The highest BCUT2D eigenvalue weighted by molar-refractivity contribution is 8.04. The maximum Gasteiger partial charge on any atom is 0.336 e. The molecule has 11 heteroatoms. The van der Waals surface area contributed by atoms with E-state index in [1.807, 2.05) is 78.2 Å². The van der Waals surface area contributed by atoms with E-state index in [4.69, 9.17) is 0 Å². The predicted molar refractivity (Wildman–Crippen MR) is 164 cm³/mol. The third-order valence-corrected chi connectivity index (χ3v) is 11.0. The molecule has 2 unspecified atom stereocenters. The summed E-state index contributed by atoms with van der Waals surface area (Å²) in [5.41, 5.74) is 2.03. The molecule has 0 spiro atoms. The van der Waals surface area contributed by atoms with Crippen LogP contribution in [0, 0.1) is 0 Å².